The van der Waals surface area contributed by atoms with Gasteiger partial charge >= 0.3 is 0 Å². The molecule has 0 aliphatic rings. The Balaban J connectivity index is 1.94. The number of nitrogens with zero attached hydrogens (tertiary/aromatic N) is 2. The quantitative estimate of drug-likeness (QED) is 0.541. The molecule has 3 heterocycles. The summed E-state index contributed by atoms with van der Waals surface area (Å²) in [6.07, 6.45) is 3.68. The first-order chi connectivity index (χ1) is 11.7. The second kappa shape index (κ2) is 5.98. The van der Waals surface area contributed by atoms with Crippen molar-refractivity contribution in [3.63, 3.8) is 0 Å². The zero-order valence-electron chi connectivity index (χ0n) is 13.1. The van der Waals surface area contributed by atoms with Crippen LogP contribution >= 0.6 is 11.6 Å². The fourth-order valence-electron chi connectivity index (χ4n) is 2.73. The Kier molecular flexibility index (Phi) is 3.67. The highest BCUT2D eigenvalue weighted by atomic mass is 35.5. The summed E-state index contributed by atoms with van der Waals surface area (Å²) < 4.78 is 2.01. The Bertz CT molecular complexity index is 1010. The molecule has 0 fully saturated rings. The molecule has 118 valence electrons. The van der Waals surface area contributed by atoms with E-state index in [4.69, 9.17) is 11.6 Å². The van der Waals surface area contributed by atoms with Crippen LogP contribution in [0.15, 0.2) is 67.0 Å². The Morgan fingerprint density at radius 2 is 1.88 bits per heavy atom. The molecular formula is C19H16ClN4+. The van der Waals surface area contributed by atoms with E-state index in [1.54, 1.807) is 6.20 Å². The van der Waals surface area contributed by atoms with E-state index in [2.05, 4.69) is 34.3 Å². The molecule has 0 saturated carbocycles. The molecule has 4 aromatic rings. The van der Waals surface area contributed by atoms with Crippen molar-refractivity contribution in [3.05, 3.63) is 77.6 Å². The third-order valence-corrected chi connectivity index (χ3v) is 4.19. The summed E-state index contributed by atoms with van der Waals surface area (Å²) in [5, 5.41) is 4.20. The van der Waals surface area contributed by atoms with Crippen molar-refractivity contribution in [2.24, 2.45) is 0 Å². The van der Waals surface area contributed by atoms with E-state index in [-0.39, 0.29) is 0 Å². The van der Waals surface area contributed by atoms with Gasteiger partial charge in [0.2, 0.25) is 5.65 Å². The number of halogens is 1. The van der Waals surface area contributed by atoms with Gasteiger partial charge in [-0.1, -0.05) is 35.9 Å². The lowest BCUT2D eigenvalue weighted by atomic mass is 10.2. The number of aryl methyl sites for hydroxylation is 1. The average molecular weight is 336 g/mol. The third-order valence-electron chi connectivity index (χ3n) is 3.96. The summed E-state index contributed by atoms with van der Waals surface area (Å²) >= 11 is 6.20. The van der Waals surface area contributed by atoms with Crippen molar-refractivity contribution in [1.82, 2.24) is 9.97 Å². The van der Waals surface area contributed by atoms with E-state index in [9.17, 15) is 0 Å². The summed E-state index contributed by atoms with van der Waals surface area (Å²) in [6.45, 7) is 2.08. The lowest BCUT2D eigenvalue weighted by molar-refractivity contribution is -0.493. The normalized spacial score (nSPS) is 10.9. The molecule has 0 bridgehead atoms. The van der Waals surface area contributed by atoms with Crippen LogP contribution in [0, 0.1) is 6.92 Å². The van der Waals surface area contributed by atoms with Crippen molar-refractivity contribution in [2.45, 2.75) is 6.92 Å². The van der Waals surface area contributed by atoms with E-state index in [1.165, 1.54) is 5.56 Å². The van der Waals surface area contributed by atoms with Crippen LogP contribution in [0.1, 0.15) is 5.56 Å². The van der Waals surface area contributed by atoms with E-state index in [0.29, 0.717) is 5.02 Å². The number of anilines is 2. The van der Waals surface area contributed by atoms with Crippen LogP contribution in [0.2, 0.25) is 5.02 Å². The Morgan fingerprint density at radius 3 is 2.67 bits per heavy atom. The second-order valence-electron chi connectivity index (χ2n) is 5.61. The van der Waals surface area contributed by atoms with Crippen molar-refractivity contribution in [3.8, 4) is 11.4 Å². The van der Waals surface area contributed by atoms with Gasteiger partial charge in [-0.05, 0) is 36.8 Å². The minimum atomic E-state index is 0.673. The van der Waals surface area contributed by atoms with Crippen molar-refractivity contribution in [1.29, 1.82) is 0 Å². The fraction of sp³-hybridized carbons (Fsp3) is 0.0526. The number of H-pyrrole nitrogens is 1. The van der Waals surface area contributed by atoms with E-state index >= 15 is 0 Å². The summed E-state index contributed by atoms with van der Waals surface area (Å²) in [5.74, 6) is 0.903. The highest BCUT2D eigenvalue weighted by Crippen LogP contribution is 2.27. The van der Waals surface area contributed by atoms with Crippen LogP contribution in [0.4, 0.5) is 11.5 Å². The maximum atomic E-state index is 6.20. The molecule has 0 amide bonds. The SMILES string of the molecule is Cc1ccccc1Nc1c(-c2ccccn2)[nH]c2ccc(Cl)c[n+]12. The number of rotatable bonds is 3. The maximum Gasteiger partial charge on any atom is 0.273 e. The summed E-state index contributed by atoms with van der Waals surface area (Å²) in [4.78, 5) is 7.90. The van der Waals surface area contributed by atoms with E-state index in [1.807, 2.05) is 53.1 Å². The van der Waals surface area contributed by atoms with Gasteiger partial charge in [-0.15, -0.1) is 0 Å². The highest BCUT2D eigenvalue weighted by Gasteiger charge is 2.22. The molecule has 0 aliphatic carbocycles. The van der Waals surface area contributed by atoms with Crippen LogP contribution < -0.4 is 9.72 Å². The van der Waals surface area contributed by atoms with Gasteiger partial charge in [-0.3, -0.25) is 15.3 Å². The zero-order chi connectivity index (χ0) is 16.5. The summed E-state index contributed by atoms with van der Waals surface area (Å²) in [7, 11) is 0. The van der Waals surface area contributed by atoms with Gasteiger partial charge in [0.25, 0.3) is 5.82 Å². The van der Waals surface area contributed by atoms with E-state index < -0.39 is 0 Å². The average Bonchev–Trinajstić information content (AvgIpc) is 2.96. The minimum absolute atomic E-state index is 0.673. The molecule has 3 aromatic heterocycles. The van der Waals surface area contributed by atoms with Crippen molar-refractivity contribution < 1.29 is 4.40 Å². The second-order valence-corrected chi connectivity index (χ2v) is 6.04. The van der Waals surface area contributed by atoms with E-state index in [0.717, 1.165) is 28.5 Å². The molecule has 4 rings (SSSR count). The topological polar surface area (TPSA) is 44.8 Å². The predicted molar refractivity (Wildman–Crippen MR) is 96.7 cm³/mol. The van der Waals surface area contributed by atoms with Crippen LogP contribution in [0.3, 0.4) is 0 Å². The molecule has 5 heteroatoms. The first-order valence-corrected chi connectivity index (χ1v) is 8.07. The Morgan fingerprint density at radius 1 is 1.04 bits per heavy atom. The standard InChI is InChI=1S/C19H15ClN4/c1-13-6-2-3-7-15(13)22-19-18(16-8-4-5-11-21-16)23-17-10-9-14(20)12-24(17)19/h2-12H,1H3,(H,21,22)/p+1. The van der Waals surface area contributed by atoms with Gasteiger partial charge < -0.3 is 0 Å². The number of pyridine rings is 2. The smallest absolute Gasteiger partial charge is 0.270 e. The van der Waals surface area contributed by atoms with Crippen LogP contribution in [0.25, 0.3) is 17.0 Å². The molecular weight excluding hydrogens is 320 g/mol. The number of benzene rings is 1. The van der Waals surface area contributed by atoms with Gasteiger partial charge in [0.1, 0.15) is 5.69 Å². The Labute approximate surface area is 144 Å². The number of imidazole rings is 1. The largest absolute Gasteiger partial charge is 0.273 e. The number of aromatic nitrogens is 3. The molecule has 0 spiro atoms. The molecule has 24 heavy (non-hydrogen) atoms. The van der Waals surface area contributed by atoms with Crippen LogP contribution in [-0.2, 0) is 0 Å². The van der Waals surface area contributed by atoms with Gasteiger partial charge in [0.05, 0.1) is 16.9 Å². The first kappa shape index (κ1) is 14.7. The molecule has 0 radical (unpaired) electrons. The molecule has 4 nitrogen and oxygen atoms in total. The molecule has 0 unspecified atom stereocenters. The lowest BCUT2D eigenvalue weighted by Crippen LogP contribution is -2.22. The van der Waals surface area contributed by atoms with Crippen LogP contribution in [0.5, 0.6) is 0 Å². The lowest BCUT2D eigenvalue weighted by Gasteiger charge is -2.05. The number of nitrogens with one attached hydrogen (secondary N) is 2. The maximum absolute atomic E-state index is 6.20. The van der Waals surface area contributed by atoms with Gasteiger partial charge in [0.15, 0.2) is 5.69 Å². The molecule has 0 aliphatic heterocycles. The summed E-state index contributed by atoms with van der Waals surface area (Å²) in [6, 6.07) is 17.9. The third kappa shape index (κ3) is 2.61. The predicted octanol–water partition coefficient (Wildman–Crippen LogP) is 4.52. The van der Waals surface area contributed by atoms with Crippen LogP contribution in [-0.4, -0.2) is 9.97 Å². The number of hydrogen-bond acceptors (Lipinski definition) is 2. The van der Waals surface area contributed by atoms with Crippen molar-refractivity contribution >= 4 is 28.8 Å². The fourth-order valence-corrected chi connectivity index (χ4v) is 2.89. The number of para-hydroxylation sites is 1. The summed E-state index contributed by atoms with van der Waals surface area (Å²) in [5.41, 5.74) is 4.94. The molecule has 1 aromatic carbocycles. The van der Waals surface area contributed by atoms with Gasteiger partial charge in [0, 0.05) is 12.3 Å². The molecule has 0 atom stereocenters. The molecule has 2 N–H and O–H groups in total. The zero-order valence-corrected chi connectivity index (χ0v) is 13.9. The molecule has 0 saturated heterocycles. The van der Waals surface area contributed by atoms with Gasteiger partial charge in [-0.2, -0.15) is 0 Å². The number of fused-ring (bicyclic) bond motifs is 1. The number of aromatic amines is 1. The minimum Gasteiger partial charge on any atom is -0.270 e. The monoisotopic (exact) mass is 335 g/mol. The Hall–Kier alpha value is -2.85. The number of hydrogen-bond donors (Lipinski definition) is 2. The van der Waals surface area contributed by atoms with Crippen molar-refractivity contribution in [2.75, 3.05) is 5.32 Å². The first-order valence-electron chi connectivity index (χ1n) is 7.69. The van der Waals surface area contributed by atoms with Gasteiger partial charge in [-0.25, -0.2) is 4.40 Å². The highest BCUT2D eigenvalue weighted by molar-refractivity contribution is 6.30.